The predicted molar refractivity (Wildman–Crippen MR) is 124 cm³/mol. The summed E-state index contributed by atoms with van der Waals surface area (Å²) in [5.74, 6) is -17.4. The van der Waals surface area contributed by atoms with E-state index in [2.05, 4.69) is 45.5 Å². The molecule has 1 aliphatic rings. The molecule has 0 aliphatic heterocycles. The lowest BCUT2D eigenvalue weighted by Gasteiger charge is -2.25. The summed E-state index contributed by atoms with van der Waals surface area (Å²) < 4.78 is 99.4. The van der Waals surface area contributed by atoms with Gasteiger partial charge in [-0.15, -0.1) is 0 Å². The van der Waals surface area contributed by atoms with E-state index in [1.807, 2.05) is 0 Å². The number of furan rings is 2. The first-order valence-corrected chi connectivity index (χ1v) is 10.2. The first-order chi connectivity index (χ1) is 16.1. The summed E-state index contributed by atoms with van der Waals surface area (Å²) in [5.41, 5.74) is 10.2. The number of thiocarbonyl (C=S) groups is 2. The van der Waals surface area contributed by atoms with Crippen molar-refractivity contribution in [2.24, 2.45) is 21.7 Å². The van der Waals surface area contributed by atoms with Gasteiger partial charge in [0.1, 0.15) is 23.0 Å². The standard InChI is InChI=1S/C19H16F6N6O2S2/c1-7-11(3-9(32-7)5-28-30-15(26)34)13-14(18(22,23)19(24,25)17(13,20)21)12-4-10(33-8(12)2)6-29-31-16(27)35/h3-6H,1-2H3,(H3,26,30,34)(H3,27,31,35)/b28-5+,29-6+. The molecule has 0 unspecified atom stereocenters. The molecule has 0 amide bonds. The van der Waals surface area contributed by atoms with Crippen molar-refractivity contribution >= 4 is 58.2 Å². The normalized spacial score (nSPS) is 18.5. The Kier molecular flexibility index (Phi) is 6.73. The number of allylic oxidation sites excluding steroid dienone is 2. The maximum Gasteiger partial charge on any atom is 0.380 e. The number of rotatable bonds is 6. The molecule has 1 aliphatic carbocycles. The highest BCUT2D eigenvalue weighted by molar-refractivity contribution is 7.80. The molecule has 0 saturated heterocycles. The topological polar surface area (TPSA) is 127 Å². The van der Waals surface area contributed by atoms with E-state index < -0.39 is 40.0 Å². The molecule has 0 spiro atoms. The van der Waals surface area contributed by atoms with Gasteiger partial charge >= 0.3 is 17.8 Å². The number of nitrogens with two attached hydrogens (primary N) is 2. The molecule has 2 aromatic heterocycles. The maximum atomic E-state index is 15.0. The van der Waals surface area contributed by atoms with E-state index in [4.69, 9.17) is 20.3 Å². The SMILES string of the molecule is Cc1oc(/C=N/NC(N)=S)cc1C1=C(c2cc(/C=N/NC(N)=S)oc2C)C(F)(F)C(F)(F)C1(F)F. The van der Waals surface area contributed by atoms with Crippen LogP contribution in [0.5, 0.6) is 0 Å². The summed E-state index contributed by atoms with van der Waals surface area (Å²) in [7, 11) is 0. The molecule has 6 N–H and O–H groups in total. The second-order valence-corrected chi connectivity index (χ2v) is 8.06. The second-order valence-electron chi connectivity index (χ2n) is 7.18. The van der Waals surface area contributed by atoms with E-state index in [1.165, 1.54) is 0 Å². The summed E-state index contributed by atoms with van der Waals surface area (Å²) in [4.78, 5) is 0. The number of hydrogen-bond acceptors (Lipinski definition) is 6. The average molecular weight is 538 g/mol. The number of alkyl halides is 6. The Bertz CT molecular complexity index is 1190. The molecule has 0 atom stereocenters. The van der Waals surface area contributed by atoms with Crippen LogP contribution in [0.4, 0.5) is 26.3 Å². The van der Waals surface area contributed by atoms with E-state index >= 15 is 0 Å². The Morgan fingerprint density at radius 3 is 1.46 bits per heavy atom. The zero-order valence-electron chi connectivity index (χ0n) is 17.8. The van der Waals surface area contributed by atoms with Gasteiger partial charge in [0.05, 0.1) is 12.4 Å². The largest absolute Gasteiger partial charge is 0.460 e. The lowest BCUT2D eigenvalue weighted by atomic mass is 9.95. The minimum absolute atomic E-state index is 0.219. The van der Waals surface area contributed by atoms with Gasteiger partial charge < -0.3 is 20.3 Å². The molecule has 2 aromatic rings. The lowest BCUT2D eigenvalue weighted by Crippen LogP contribution is -2.48. The Morgan fingerprint density at radius 2 is 1.14 bits per heavy atom. The quantitative estimate of drug-likeness (QED) is 0.190. The van der Waals surface area contributed by atoms with Crippen LogP contribution in [0.1, 0.15) is 34.2 Å². The van der Waals surface area contributed by atoms with Gasteiger partial charge in [-0.2, -0.15) is 36.5 Å². The molecular formula is C19H16F6N6O2S2. The highest BCUT2D eigenvalue weighted by Crippen LogP contribution is 2.65. The van der Waals surface area contributed by atoms with Gasteiger partial charge in [-0.25, -0.2) is 0 Å². The van der Waals surface area contributed by atoms with Crippen LogP contribution in [0.3, 0.4) is 0 Å². The van der Waals surface area contributed by atoms with Gasteiger partial charge in [0, 0.05) is 22.3 Å². The number of hydrazone groups is 2. The van der Waals surface area contributed by atoms with Crippen molar-refractivity contribution in [3.05, 3.63) is 46.3 Å². The van der Waals surface area contributed by atoms with E-state index in [1.54, 1.807) is 0 Å². The lowest BCUT2D eigenvalue weighted by molar-refractivity contribution is -0.254. The van der Waals surface area contributed by atoms with Crippen molar-refractivity contribution in [2.45, 2.75) is 31.6 Å². The van der Waals surface area contributed by atoms with Crippen molar-refractivity contribution in [3.63, 3.8) is 0 Å². The minimum atomic E-state index is -5.76. The van der Waals surface area contributed by atoms with Gasteiger partial charge in [-0.05, 0) is 50.4 Å². The fourth-order valence-electron chi connectivity index (χ4n) is 3.39. The number of hydrogen-bond donors (Lipinski definition) is 4. The van der Waals surface area contributed by atoms with Crippen LogP contribution in [0.25, 0.3) is 11.1 Å². The molecule has 2 heterocycles. The fourth-order valence-corrected chi connectivity index (χ4v) is 3.49. The summed E-state index contributed by atoms with van der Waals surface area (Å²) in [6.07, 6.45) is 1.90. The second kappa shape index (κ2) is 8.99. The van der Waals surface area contributed by atoms with Crippen molar-refractivity contribution in [3.8, 4) is 0 Å². The summed E-state index contributed by atoms with van der Waals surface area (Å²) in [5, 5.41) is 6.67. The molecule has 35 heavy (non-hydrogen) atoms. The van der Waals surface area contributed by atoms with Crippen LogP contribution in [-0.4, -0.2) is 40.4 Å². The molecule has 0 saturated carbocycles. The zero-order valence-corrected chi connectivity index (χ0v) is 19.4. The zero-order chi connectivity index (χ0) is 26.3. The molecule has 0 bridgehead atoms. The number of aryl methyl sites for hydroxylation is 2. The summed E-state index contributed by atoms with van der Waals surface area (Å²) >= 11 is 9.09. The number of halogens is 6. The molecule has 0 aromatic carbocycles. The van der Waals surface area contributed by atoms with Crippen LogP contribution in [0.2, 0.25) is 0 Å². The summed E-state index contributed by atoms with van der Waals surface area (Å²) in [6, 6.07) is 1.73. The van der Waals surface area contributed by atoms with Crippen LogP contribution in [0, 0.1) is 13.8 Å². The monoisotopic (exact) mass is 538 g/mol. The van der Waals surface area contributed by atoms with Crippen molar-refractivity contribution in [1.29, 1.82) is 0 Å². The first kappa shape index (κ1) is 26.2. The molecular weight excluding hydrogens is 522 g/mol. The van der Waals surface area contributed by atoms with Gasteiger partial charge in [0.15, 0.2) is 10.2 Å². The Balaban J connectivity index is 2.23. The molecule has 16 heteroatoms. The third-order valence-corrected chi connectivity index (χ3v) is 4.99. The van der Waals surface area contributed by atoms with Crippen molar-refractivity contribution < 1.29 is 35.2 Å². The molecule has 0 fully saturated rings. The van der Waals surface area contributed by atoms with E-state index in [-0.39, 0.29) is 33.3 Å². The van der Waals surface area contributed by atoms with Crippen LogP contribution >= 0.6 is 24.4 Å². The van der Waals surface area contributed by atoms with Crippen LogP contribution < -0.4 is 22.3 Å². The van der Waals surface area contributed by atoms with E-state index in [0.29, 0.717) is 0 Å². The van der Waals surface area contributed by atoms with Gasteiger partial charge in [-0.1, -0.05) is 0 Å². The Morgan fingerprint density at radius 1 is 0.800 bits per heavy atom. The molecule has 3 rings (SSSR count). The minimum Gasteiger partial charge on any atom is -0.460 e. The van der Waals surface area contributed by atoms with Gasteiger partial charge in [0.2, 0.25) is 0 Å². The smallest absolute Gasteiger partial charge is 0.380 e. The fraction of sp³-hybridized carbons (Fsp3) is 0.263. The highest BCUT2D eigenvalue weighted by atomic mass is 32.1. The van der Waals surface area contributed by atoms with Gasteiger partial charge in [-0.3, -0.25) is 10.9 Å². The van der Waals surface area contributed by atoms with Crippen molar-refractivity contribution in [2.75, 3.05) is 0 Å². The van der Waals surface area contributed by atoms with Crippen LogP contribution in [0.15, 0.2) is 31.2 Å². The molecule has 0 radical (unpaired) electrons. The van der Waals surface area contributed by atoms with E-state index in [9.17, 15) is 26.3 Å². The summed E-state index contributed by atoms with van der Waals surface area (Å²) in [6.45, 7) is 2.29. The average Bonchev–Trinajstić information content (AvgIpc) is 3.28. The Hall–Kier alpha value is -3.40. The number of nitrogens with one attached hydrogen (secondary N) is 2. The first-order valence-electron chi connectivity index (χ1n) is 9.38. The molecule has 188 valence electrons. The van der Waals surface area contributed by atoms with Crippen LogP contribution in [-0.2, 0) is 0 Å². The van der Waals surface area contributed by atoms with Crippen molar-refractivity contribution in [1.82, 2.24) is 10.9 Å². The third-order valence-electron chi connectivity index (χ3n) is 4.81. The van der Waals surface area contributed by atoms with E-state index in [0.717, 1.165) is 38.4 Å². The maximum absolute atomic E-state index is 15.0. The predicted octanol–water partition coefficient (Wildman–Crippen LogP) is 3.65. The Labute approximate surface area is 204 Å². The highest BCUT2D eigenvalue weighted by Gasteiger charge is 2.80. The third kappa shape index (κ3) is 4.50. The van der Waals surface area contributed by atoms with Gasteiger partial charge in [0.25, 0.3) is 0 Å². The number of nitrogens with zero attached hydrogens (tertiary/aromatic N) is 2. The molecule has 8 nitrogen and oxygen atoms in total.